The molecule has 0 aliphatic heterocycles. The molecule has 0 aliphatic rings. The Balaban J connectivity index is 0. The van der Waals surface area contributed by atoms with Gasteiger partial charge in [0, 0.05) is 0 Å². The van der Waals surface area contributed by atoms with Gasteiger partial charge in [-0.1, -0.05) is 19.9 Å². The molecule has 2 aromatic carbocycles. The molecule has 1 radical (unpaired) electrons. The van der Waals surface area contributed by atoms with E-state index in [4.69, 9.17) is 0 Å². The second kappa shape index (κ2) is 8.00. The van der Waals surface area contributed by atoms with Crippen molar-refractivity contribution in [3.05, 3.63) is 72.1 Å². The molecule has 0 aliphatic carbocycles. The number of hydrogen-bond donors (Lipinski definition) is 0. The van der Waals surface area contributed by atoms with Gasteiger partial charge in [-0.15, -0.1) is 12.1 Å². The molecule has 2 aromatic rings. The topological polar surface area (TPSA) is 0 Å². The van der Waals surface area contributed by atoms with Crippen LogP contribution in [0, 0.1) is 5.92 Å². The van der Waals surface area contributed by atoms with Gasteiger partial charge in [0.15, 0.2) is 0 Å². The fraction of sp³-hybridized carbons (Fsp3) is 0.143. The van der Waals surface area contributed by atoms with E-state index in [2.05, 4.69) is 38.1 Å². The second-order valence-corrected chi connectivity index (χ2v) is 6.20. The Labute approximate surface area is 136 Å². The molecule has 0 N–H and O–H groups in total. The third-order valence-corrected chi connectivity index (χ3v) is 1.91. The van der Waals surface area contributed by atoms with Crippen LogP contribution in [-0.4, -0.2) is 0 Å². The smallest absolute Gasteiger partial charge is 0.214 e. The van der Waals surface area contributed by atoms with Gasteiger partial charge in [0.25, 0.3) is 0 Å². The van der Waals surface area contributed by atoms with Gasteiger partial charge in [-0.05, 0) is 0 Å². The van der Waals surface area contributed by atoms with Crippen LogP contribution in [0.4, 0.5) is 25.2 Å². The van der Waals surface area contributed by atoms with Gasteiger partial charge in [-0.25, -0.2) is 12.1 Å². The van der Waals surface area contributed by atoms with Crippen LogP contribution < -0.4 is 0 Å². The number of rotatable bonds is 1. The zero-order valence-electron chi connectivity index (χ0n) is 11.8. The van der Waals surface area contributed by atoms with Crippen molar-refractivity contribution in [3.63, 3.8) is 0 Å². The molecule has 0 atom stereocenters. The van der Waals surface area contributed by atoms with Gasteiger partial charge >= 0.3 is 50.1 Å². The molecule has 127 valence electrons. The minimum Gasteiger partial charge on any atom is -0.214 e. The van der Waals surface area contributed by atoms with Crippen molar-refractivity contribution in [2.24, 2.45) is 0 Å². The molecular formula is C14H16F6FeP. The van der Waals surface area contributed by atoms with Crippen molar-refractivity contribution in [1.82, 2.24) is 0 Å². The van der Waals surface area contributed by atoms with Gasteiger partial charge in [-0.3, -0.25) is 0 Å². The minimum atomic E-state index is -10.7. The average molecular weight is 385 g/mol. The normalized spacial score (nSPS) is 12.9. The summed E-state index contributed by atoms with van der Waals surface area (Å²) in [5.74, 6) is 1.37. The first kappa shape index (κ1) is 23.2. The first-order valence-electron chi connectivity index (χ1n) is 5.84. The molecule has 0 saturated heterocycles. The zero-order chi connectivity index (χ0) is 16.6. The van der Waals surface area contributed by atoms with Crippen molar-refractivity contribution in [2.75, 3.05) is 0 Å². The maximum atomic E-state index is 9.87. The van der Waals surface area contributed by atoms with E-state index in [0.717, 1.165) is 0 Å². The van der Waals surface area contributed by atoms with E-state index < -0.39 is 7.81 Å². The van der Waals surface area contributed by atoms with E-state index in [1.807, 2.05) is 36.4 Å². The summed E-state index contributed by atoms with van der Waals surface area (Å²) in [6, 6.07) is 20.4. The van der Waals surface area contributed by atoms with Crippen LogP contribution in [-0.2, 0) is 17.1 Å². The Hall–Kier alpha value is -1.03. The first-order chi connectivity index (χ1) is 9.25. The molecule has 2 rings (SSSR count). The van der Waals surface area contributed by atoms with Crippen molar-refractivity contribution < 1.29 is 42.3 Å². The van der Waals surface area contributed by atoms with E-state index in [0.29, 0.717) is 0 Å². The summed E-state index contributed by atoms with van der Waals surface area (Å²) in [7, 11) is -10.7. The van der Waals surface area contributed by atoms with E-state index in [-0.39, 0.29) is 17.1 Å². The van der Waals surface area contributed by atoms with Gasteiger partial charge < -0.3 is 0 Å². The molecule has 8 heteroatoms. The van der Waals surface area contributed by atoms with Crippen LogP contribution in [0.15, 0.2) is 60.7 Å². The summed E-state index contributed by atoms with van der Waals surface area (Å²) in [4.78, 5) is 0. The molecule has 0 amide bonds. The van der Waals surface area contributed by atoms with Crippen molar-refractivity contribution in [2.45, 2.75) is 13.8 Å². The summed E-state index contributed by atoms with van der Waals surface area (Å²) in [6.07, 6.45) is 0. The van der Waals surface area contributed by atoms with E-state index in [1.165, 1.54) is 11.5 Å². The van der Waals surface area contributed by atoms with Crippen LogP contribution in [0.3, 0.4) is 0 Å². The second-order valence-electron chi connectivity index (χ2n) is 4.29. The molecule has 0 saturated carbocycles. The van der Waals surface area contributed by atoms with Gasteiger partial charge in [-0.2, -0.15) is 41.8 Å². The fourth-order valence-electron chi connectivity index (χ4n) is 1.09. The summed E-state index contributed by atoms with van der Waals surface area (Å²) < 4.78 is 59.2. The van der Waals surface area contributed by atoms with E-state index in [9.17, 15) is 25.2 Å². The molecule has 0 fully saturated rings. The number of halogens is 6. The van der Waals surface area contributed by atoms with Crippen molar-refractivity contribution >= 4 is 7.81 Å². The van der Waals surface area contributed by atoms with Crippen molar-refractivity contribution in [3.8, 4) is 0 Å². The van der Waals surface area contributed by atoms with Gasteiger partial charge in [0.1, 0.15) is 0 Å². The van der Waals surface area contributed by atoms with Gasteiger partial charge in [0.05, 0.1) is 0 Å². The largest absolute Gasteiger partial charge is 3.00 e. The molecule has 22 heavy (non-hydrogen) atoms. The summed E-state index contributed by atoms with van der Waals surface area (Å²) in [6.45, 7) is 4.24. The quantitative estimate of drug-likeness (QED) is 0.207. The molecule has 0 aromatic heterocycles. The molecular weight excluding hydrogens is 369 g/mol. The van der Waals surface area contributed by atoms with E-state index in [1.54, 1.807) is 0 Å². The first-order valence-corrected chi connectivity index (χ1v) is 7.87. The Morgan fingerprint density at radius 2 is 1.14 bits per heavy atom. The molecule has 0 spiro atoms. The van der Waals surface area contributed by atoms with Crippen LogP contribution in [0.5, 0.6) is 0 Å². The van der Waals surface area contributed by atoms with Crippen LogP contribution in [0.1, 0.15) is 19.4 Å². The predicted molar refractivity (Wildman–Crippen MR) is 75.7 cm³/mol. The zero-order valence-corrected chi connectivity index (χ0v) is 13.8. The van der Waals surface area contributed by atoms with E-state index >= 15 is 0 Å². The number of benzene rings is 1. The maximum absolute atomic E-state index is 10.7. The third-order valence-electron chi connectivity index (χ3n) is 1.91. The Morgan fingerprint density at radius 3 is 1.32 bits per heavy atom. The van der Waals surface area contributed by atoms with Crippen LogP contribution in [0.25, 0.3) is 0 Å². The SMILES string of the molecule is C[C-](C)c1ccccc1.F[P-](F)(F)(F)(F)F.[Fe+3].c1cc[cH-]c1. The summed E-state index contributed by atoms with van der Waals surface area (Å²) in [5.41, 5.74) is 1.33. The van der Waals surface area contributed by atoms with Crippen molar-refractivity contribution in [1.29, 1.82) is 0 Å². The molecule has 0 unspecified atom stereocenters. The summed E-state index contributed by atoms with van der Waals surface area (Å²) in [5, 5.41) is 0. The number of hydrogen-bond acceptors (Lipinski definition) is 0. The maximum Gasteiger partial charge on any atom is 3.00 e. The van der Waals surface area contributed by atoms with Crippen LogP contribution in [0.2, 0.25) is 0 Å². The Kier molecular flexibility index (Phi) is 8.45. The minimum absolute atomic E-state index is 0. The van der Waals surface area contributed by atoms with Crippen LogP contribution >= 0.6 is 7.81 Å². The Morgan fingerprint density at radius 1 is 0.773 bits per heavy atom. The molecule has 0 nitrogen and oxygen atoms in total. The molecule has 0 heterocycles. The fourth-order valence-corrected chi connectivity index (χ4v) is 1.09. The van der Waals surface area contributed by atoms with Gasteiger partial charge in [0.2, 0.25) is 0 Å². The Bertz CT molecular complexity index is 462. The predicted octanol–water partition coefficient (Wildman–Crippen LogP) is 7.43. The standard InChI is InChI=1S/C9H11.C5H5.F6P.Fe/c1-8(2)9-6-4-3-5-7-9;1-2-4-5-3-1;1-7(2,3,4,5)6;/h3-7H,1-2H3;1-5H;;/q3*-1;+3. The molecule has 0 bridgehead atoms. The average Bonchev–Trinajstić information content (AvgIpc) is 2.84. The monoisotopic (exact) mass is 385 g/mol. The third kappa shape index (κ3) is 24.0. The summed E-state index contributed by atoms with van der Waals surface area (Å²) >= 11 is 0.